The smallest absolute Gasteiger partial charge is 0.241 e. The molecular formula is C17H27N3O. The molecule has 116 valence electrons. The van der Waals surface area contributed by atoms with E-state index in [1.807, 2.05) is 32.9 Å². The second kappa shape index (κ2) is 6.48. The molecule has 0 aromatic heterocycles. The maximum absolute atomic E-state index is 12.1. The van der Waals surface area contributed by atoms with E-state index in [-0.39, 0.29) is 11.3 Å². The van der Waals surface area contributed by atoms with Crippen LogP contribution in [0, 0.1) is 5.41 Å². The lowest BCUT2D eigenvalue weighted by Gasteiger charge is -2.29. The lowest BCUT2D eigenvalue weighted by Crippen LogP contribution is -2.45. The Hall–Kier alpha value is -1.55. The van der Waals surface area contributed by atoms with Crippen molar-refractivity contribution < 1.29 is 4.79 Å². The van der Waals surface area contributed by atoms with E-state index in [1.165, 1.54) is 24.9 Å². The van der Waals surface area contributed by atoms with Crippen molar-refractivity contribution in [3.63, 3.8) is 0 Å². The summed E-state index contributed by atoms with van der Waals surface area (Å²) < 4.78 is 0. The highest BCUT2D eigenvalue weighted by molar-refractivity contribution is 5.95. The van der Waals surface area contributed by atoms with Crippen molar-refractivity contribution in [2.75, 3.05) is 23.3 Å². The molecule has 4 nitrogen and oxygen atoms in total. The van der Waals surface area contributed by atoms with E-state index in [1.54, 1.807) is 0 Å². The molecule has 1 aliphatic rings. The van der Waals surface area contributed by atoms with E-state index in [9.17, 15) is 4.79 Å². The fourth-order valence-electron chi connectivity index (χ4n) is 2.52. The molecule has 0 radical (unpaired) electrons. The van der Waals surface area contributed by atoms with Gasteiger partial charge in [0.2, 0.25) is 5.91 Å². The van der Waals surface area contributed by atoms with Crippen LogP contribution in [0.15, 0.2) is 24.3 Å². The molecule has 1 saturated heterocycles. The fourth-order valence-corrected chi connectivity index (χ4v) is 2.52. The van der Waals surface area contributed by atoms with E-state index in [2.05, 4.69) is 22.3 Å². The third-order valence-electron chi connectivity index (χ3n) is 4.07. The molecule has 4 heteroatoms. The quantitative estimate of drug-likeness (QED) is 0.899. The van der Waals surface area contributed by atoms with Gasteiger partial charge in [-0.25, -0.2) is 0 Å². The van der Waals surface area contributed by atoms with Crippen LogP contribution >= 0.6 is 0 Å². The molecule has 2 rings (SSSR count). The van der Waals surface area contributed by atoms with Gasteiger partial charge in [-0.05, 0) is 48.9 Å². The SMILES string of the molecule is CC(C)(C)[C@H](N)C(=O)Nc1ccc(N2CCCCC2)cc1. The number of piperidine rings is 1. The van der Waals surface area contributed by atoms with Crippen molar-refractivity contribution in [2.45, 2.75) is 46.1 Å². The van der Waals surface area contributed by atoms with Crippen LogP contribution in [0.25, 0.3) is 0 Å². The predicted molar refractivity (Wildman–Crippen MR) is 88.6 cm³/mol. The van der Waals surface area contributed by atoms with Crippen LogP contribution in [0.3, 0.4) is 0 Å². The van der Waals surface area contributed by atoms with Crippen LogP contribution in [-0.2, 0) is 4.79 Å². The second-order valence-corrected chi connectivity index (χ2v) is 6.93. The molecule has 1 atom stereocenters. The zero-order chi connectivity index (χ0) is 15.5. The molecule has 1 fully saturated rings. The summed E-state index contributed by atoms with van der Waals surface area (Å²) in [7, 11) is 0. The number of carbonyl (C=O) groups is 1. The van der Waals surface area contributed by atoms with Crippen molar-refractivity contribution in [3.05, 3.63) is 24.3 Å². The summed E-state index contributed by atoms with van der Waals surface area (Å²) in [5.41, 5.74) is 7.77. The molecule has 1 aromatic rings. The van der Waals surface area contributed by atoms with E-state index in [4.69, 9.17) is 5.73 Å². The Balaban J connectivity index is 1.97. The van der Waals surface area contributed by atoms with E-state index >= 15 is 0 Å². The van der Waals surface area contributed by atoms with Crippen LogP contribution < -0.4 is 16.0 Å². The number of hydrogen-bond donors (Lipinski definition) is 2. The standard InChI is InChI=1S/C17H27N3O/c1-17(2,3)15(18)16(21)19-13-7-9-14(10-8-13)20-11-5-4-6-12-20/h7-10,15H,4-6,11-12,18H2,1-3H3,(H,19,21)/t15-/m1/s1. The lowest BCUT2D eigenvalue weighted by molar-refractivity contribution is -0.119. The van der Waals surface area contributed by atoms with E-state index < -0.39 is 6.04 Å². The Morgan fingerprint density at radius 1 is 1.14 bits per heavy atom. The molecule has 1 heterocycles. The zero-order valence-corrected chi connectivity index (χ0v) is 13.4. The minimum absolute atomic E-state index is 0.131. The zero-order valence-electron chi connectivity index (χ0n) is 13.4. The second-order valence-electron chi connectivity index (χ2n) is 6.93. The van der Waals surface area contributed by atoms with Gasteiger partial charge in [-0.2, -0.15) is 0 Å². The van der Waals surface area contributed by atoms with Gasteiger partial charge in [0.05, 0.1) is 6.04 Å². The molecule has 1 amide bonds. The topological polar surface area (TPSA) is 58.4 Å². The van der Waals surface area contributed by atoms with E-state index in [0.717, 1.165) is 18.8 Å². The normalized spacial score (nSPS) is 17.4. The van der Waals surface area contributed by atoms with Gasteiger partial charge in [-0.3, -0.25) is 4.79 Å². The summed E-state index contributed by atoms with van der Waals surface area (Å²) in [6.07, 6.45) is 3.85. The van der Waals surface area contributed by atoms with Gasteiger partial charge in [0.1, 0.15) is 0 Å². The van der Waals surface area contributed by atoms with Crippen molar-refractivity contribution >= 4 is 17.3 Å². The van der Waals surface area contributed by atoms with Crippen LogP contribution in [0.4, 0.5) is 11.4 Å². The summed E-state index contributed by atoms with van der Waals surface area (Å²) >= 11 is 0. The van der Waals surface area contributed by atoms with Gasteiger partial charge in [-0.1, -0.05) is 20.8 Å². The van der Waals surface area contributed by atoms with Gasteiger partial charge in [0, 0.05) is 24.5 Å². The third-order valence-corrected chi connectivity index (χ3v) is 4.07. The first-order chi connectivity index (χ1) is 9.88. The molecule has 1 aromatic carbocycles. The first-order valence-corrected chi connectivity index (χ1v) is 7.79. The van der Waals surface area contributed by atoms with Crippen LogP contribution in [-0.4, -0.2) is 25.0 Å². The average molecular weight is 289 g/mol. The highest BCUT2D eigenvalue weighted by Gasteiger charge is 2.27. The Labute approximate surface area is 127 Å². The molecule has 3 N–H and O–H groups in total. The molecule has 0 aliphatic carbocycles. The van der Waals surface area contributed by atoms with Crippen molar-refractivity contribution in [1.82, 2.24) is 0 Å². The monoisotopic (exact) mass is 289 g/mol. The number of rotatable bonds is 3. The van der Waals surface area contributed by atoms with Crippen molar-refractivity contribution in [2.24, 2.45) is 11.1 Å². The van der Waals surface area contributed by atoms with Crippen LogP contribution in [0.2, 0.25) is 0 Å². The van der Waals surface area contributed by atoms with Gasteiger partial charge < -0.3 is 16.0 Å². The predicted octanol–water partition coefficient (Wildman–Crippen LogP) is 2.99. The summed E-state index contributed by atoms with van der Waals surface area (Å²) in [6, 6.07) is 7.54. The maximum Gasteiger partial charge on any atom is 0.241 e. The molecule has 0 spiro atoms. The third kappa shape index (κ3) is 4.21. The summed E-state index contributed by atoms with van der Waals surface area (Å²) in [6.45, 7) is 8.16. The molecule has 0 unspecified atom stereocenters. The Morgan fingerprint density at radius 3 is 2.24 bits per heavy atom. The molecule has 1 aliphatic heterocycles. The largest absolute Gasteiger partial charge is 0.372 e. The number of anilines is 2. The minimum atomic E-state index is -0.515. The molecule has 0 saturated carbocycles. The Morgan fingerprint density at radius 2 is 1.71 bits per heavy atom. The number of nitrogens with zero attached hydrogens (tertiary/aromatic N) is 1. The maximum atomic E-state index is 12.1. The number of nitrogens with two attached hydrogens (primary N) is 1. The Kier molecular flexibility index (Phi) is 4.88. The van der Waals surface area contributed by atoms with E-state index in [0.29, 0.717) is 0 Å². The number of amides is 1. The minimum Gasteiger partial charge on any atom is -0.372 e. The van der Waals surface area contributed by atoms with Gasteiger partial charge in [-0.15, -0.1) is 0 Å². The summed E-state index contributed by atoms with van der Waals surface area (Å²) in [5.74, 6) is -0.131. The molecular weight excluding hydrogens is 262 g/mol. The first kappa shape index (κ1) is 15.8. The highest BCUT2D eigenvalue weighted by atomic mass is 16.2. The molecule has 0 bridgehead atoms. The van der Waals surface area contributed by atoms with Gasteiger partial charge >= 0.3 is 0 Å². The molecule has 21 heavy (non-hydrogen) atoms. The number of nitrogens with one attached hydrogen (secondary N) is 1. The number of carbonyl (C=O) groups excluding carboxylic acids is 1. The number of hydrogen-bond acceptors (Lipinski definition) is 3. The lowest BCUT2D eigenvalue weighted by atomic mass is 9.87. The first-order valence-electron chi connectivity index (χ1n) is 7.79. The highest BCUT2D eigenvalue weighted by Crippen LogP contribution is 2.23. The Bertz CT molecular complexity index is 470. The summed E-state index contributed by atoms with van der Waals surface area (Å²) in [4.78, 5) is 14.5. The van der Waals surface area contributed by atoms with Gasteiger partial charge in [0.25, 0.3) is 0 Å². The van der Waals surface area contributed by atoms with Gasteiger partial charge in [0.15, 0.2) is 0 Å². The van der Waals surface area contributed by atoms with Crippen LogP contribution in [0.5, 0.6) is 0 Å². The van der Waals surface area contributed by atoms with Crippen LogP contribution in [0.1, 0.15) is 40.0 Å². The van der Waals surface area contributed by atoms with Crippen molar-refractivity contribution in [1.29, 1.82) is 0 Å². The average Bonchev–Trinajstić information content (AvgIpc) is 2.47. The number of benzene rings is 1. The van der Waals surface area contributed by atoms with Crippen molar-refractivity contribution in [3.8, 4) is 0 Å². The summed E-state index contributed by atoms with van der Waals surface area (Å²) in [5, 5.41) is 2.90. The fraction of sp³-hybridized carbons (Fsp3) is 0.588.